The Hall–Kier alpha value is -2.87. The van der Waals surface area contributed by atoms with Gasteiger partial charge in [-0.05, 0) is 42.9 Å². The molecule has 1 saturated heterocycles. The van der Waals surface area contributed by atoms with Crippen molar-refractivity contribution in [2.75, 3.05) is 10.6 Å². The first-order valence-electron chi connectivity index (χ1n) is 11.0. The van der Waals surface area contributed by atoms with Crippen LogP contribution >= 0.6 is 0 Å². The van der Waals surface area contributed by atoms with E-state index in [1.54, 1.807) is 10.7 Å². The van der Waals surface area contributed by atoms with Crippen LogP contribution in [0.5, 0.6) is 0 Å². The van der Waals surface area contributed by atoms with E-state index in [4.69, 9.17) is 0 Å². The Morgan fingerprint density at radius 3 is 2.55 bits per heavy atom. The van der Waals surface area contributed by atoms with Crippen molar-refractivity contribution in [3.8, 4) is 0 Å². The molecule has 4 N–H and O–H groups in total. The van der Waals surface area contributed by atoms with Gasteiger partial charge in [0.2, 0.25) is 5.91 Å². The molecule has 1 aliphatic carbocycles. The lowest BCUT2D eigenvalue weighted by molar-refractivity contribution is -0.132. The number of hydrogen-bond acceptors (Lipinski definition) is 4. The maximum absolute atomic E-state index is 12.6. The Bertz CT molecular complexity index is 959. The minimum atomic E-state index is -0.484. The van der Waals surface area contributed by atoms with E-state index in [-0.39, 0.29) is 29.3 Å². The predicted molar refractivity (Wildman–Crippen MR) is 121 cm³/mol. The Balaban J connectivity index is 1.45. The zero-order chi connectivity index (χ0) is 22.2. The SMILES string of the molecule is Cc1cc(NC(=O)Nc2ccc(C(C)(C)C)cc2)n(C2NC(=O)C3CCCCC3N2)n1. The Labute approximate surface area is 183 Å². The lowest BCUT2D eigenvalue weighted by atomic mass is 9.83. The second-order valence-electron chi connectivity index (χ2n) is 9.60. The number of rotatable bonds is 3. The highest BCUT2D eigenvalue weighted by Gasteiger charge is 2.38. The summed E-state index contributed by atoms with van der Waals surface area (Å²) in [6.45, 7) is 8.32. The molecule has 1 aliphatic heterocycles. The summed E-state index contributed by atoms with van der Waals surface area (Å²) in [6, 6.07) is 9.41. The zero-order valence-corrected chi connectivity index (χ0v) is 18.7. The lowest BCUT2D eigenvalue weighted by Crippen LogP contribution is -2.59. The van der Waals surface area contributed by atoms with Gasteiger partial charge in [0, 0.05) is 17.8 Å². The average molecular weight is 425 g/mol. The highest BCUT2D eigenvalue weighted by atomic mass is 16.2. The average Bonchev–Trinajstić information content (AvgIpc) is 3.07. The number of hydrogen-bond donors (Lipinski definition) is 4. The van der Waals surface area contributed by atoms with Gasteiger partial charge in [0.15, 0.2) is 6.29 Å². The van der Waals surface area contributed by atoms with Crippen molar-refractivity contribution >= 4 is 23.4 Å². The molecule has 2 heterocycles. The fraction of sp³-hybridized carbons (Fsp3) is 0.522. The maximum Gasteiger partial charge on any atom is 0.324 e. The lowest BCUT2D eigenvalue weighted by Gasteiger charge is -2.40. The molecule has 0 bridgehead atoms. The normalized spacial score (nSPS) is 23.6. The molecule has 4 rings (SSSR count). The van der Waals surface area contributed by atoms with Crippen molar-refractivity contribution in [3.05, 3.63) is 41.6 Å². The van der Waals surface area contributed by atoms with Crippen molar-refractivity contribution in [1.29, 1.82) is 0 Å². The molecule has 0 radical (unpaired) electrons. The number of aromatic nitrogens is 2. The minimum Gasteiger partial charge on any atom is -0.322 e. The van der Waals surface area contributed by atoms with E-state index < -0.39 is 6.29 Å². The molecule has 3 atom stereocenters. The molecule has 2 aliphatic rings. The number of anilines is 2. The fourth-order valence-electron chi connectivity index (χ4n) is 4.40. The maximum atomic E-state index is 12.6. The van der Waals surface area contributed by atoms with Gasteiger partial charge in [-0.3, -0.25) is 15.4 Å². The molecule has 31 heavy (non-hydrogen) atoms. The fourth-order valence-corrected chi connectivity index (χ4v) is 4.40. The van der Waals surface area contributed by atoms with Crippen molar-refractivity contribution in [2.24, 2.45) is 5.92 Å². The third kappa shape index (κ3) is 4.74. The van der Waals surface area contributed by atoms with Crippen molar-refractivity contribution in [1.82, 2.24) is 20.4 Å². The van der Waals surface area contributed by atoms with Crippen LogP contribution in [-0.4, -0.2) is 27.8 Å². The van der Waals surface area contributed by atoms with E-state index in [9.17, 15) is 9.59 Å². The van der Waals surface area contributed by atoms with Gasteiger partial charge in [-0.15, -0.1) is 0 Å². The molecule has 3 amide bonds. The Kier molecular flexibility index (Phi) is 5.75. The summed E-state index contributed by atoms with van der Waals surface area (Å²) in [4.78, 5) is 25.2. The largest absolute Gasteiger partial charge is 0.324 e. The molecular formula is C23H32N6O2. The second kappa shape index (κ2) is 8.34. The van der Waals surface area contributed by atoms with Crippen LogP contribution in [0.2, 0.25) is 0 Å². The molecule has 2 aromatic rings. The molecular weight excluding hydrogens is 392 g/mol. The molecule has 8 heteroatoms. The Morgan fingerprint density at radius 2 is 1.84 bits per heavy atom. The van der Waals surface area contributed by atoms with Crippen LogP contribution in [0.4, 0.5) is 16.3 Å². The van der Waals surface area contributed by atoms with E-state index >= 15 is 0 Å². The highest BCUT2D eigenvalue weighted by Crippen LogP contribution is 2.30. The van der Waals surface area contributed by atoms with Gasteiger partial charge in [0.05, 0.1) is 11.6 Å². The molecule has 166 valence electrons. The zero-order valence-electron chi connectivity index (χ0n) is 18.7. The second-order valence-corrected chi connectivity index (χ2v) is 9.60. The molecule has 0 spiro atoms. The molecule has 1 aromatic carbocycles. The summed E-state index contributed by atoms with van der Waals surface area (Å²) in [5.41, 5.74) is 2.72. The number of amides is 3. The van der Waals surface area contributed by atoms with E-state index in [0.717, 1.165) is 31.4 Å². The van der Waals surface area contributed by atoms with Gasteiger partial charge in [0.25, 0.3) is 0 Å². The quantitative estimate of drug-likeness (QED) is 0.601. The minimum absolute atomic E-state index is 0.0115. The molecule has 1 saturated carbocycles. The number of aryl methyl sites for hydroxylation is 1. The summed E-state index contributed by atoms with van der Waals surface area (Å²) in [5.74, 6) is 0.585. The van der Waals surface area contributed by atoms with Gasteiger partial charge in [0.1, 0.15) is 5.82 Å². The smallest absolute Gasteiger partial charge is 0.322 e. The number of carbonyl (C=O) groups is 2. The number of fused-ring (bicyclic) bond motifs is 1. The summed E-state index contributed by atoms with van der Waals surface area (Å²) in [6.07, 6.45) is 3.61. The monoisotopic (exact) mass is 424 g/mol. The van der Waals surface area contributed by atoms with E-state index in [1.807, 2.05) is 31.2 Å². The summed E-state index contributed by atoms with van der Waals surface area (Å²) in [7, 11) is 0. The van der Waals surface area contributed by atoms with Crippen LogP contribution in [-0.2, 0) is 10.2 Å². The van der Waals surface area contributed by atoms with Crippen molar-refractivity contribution < 1.29 is 9.59 Å². The molecule has 8 nitrogen and oxygen atoms in total. The van der Waals surface area contributed by atoms with Crippen molar-refractivity contribution in [3.63, 3.8) is 0 Å². The van der Waals surface area contributed by atoms with Crippen LogP contribution in [0.1, 0.15) is 64.0 Å². The van der Waals surface area contributed by atoms with E-state index in [0.29, 0.717) is 11.5 Å². The van der Waals surface area contributed by atoms with Gasteiger partial charge < -0.3 is 10.6 Å². The number of urea groups is 1. The number of nitrogens with zero attached hydrogens (tertiary/aromatic N) is 2. The summed E-state index contributed by atoms with van der Waals surface area (Å²) >= 11 is 0. The topological polar surface area (TPSA) is 100 Å². The summed E-state index contributed by atoms with van der Waals surface area (Å²) < 4.78 is 1.64. The first-order chi connectivity index (χ1) is 14.7. The first-order valence-corrected chi connectivity index (χ1v) is 11.0. The molecule has 2 fully saturated rings. The van der Waals surface area contributed by atoms with Gasteiger partial charge >= 0.3 is 6.03 Å². The first kappa shape index (κ1) is 21.4. The van der Waals surface area contributed by atoms with Crippen LogP contribution < -0.4 is 21.3 Å². The number of benzene rings is 1. The standard InChI is InChI=1S/C23H32N6O2/c1-14-13-19(26-22(31)24-16-11-9-15(10-12-16)23(2,3)4)29(28-14)21-25-18-8-6-5-7-17(18)20(30)27-21/h9-13,17-18,21,25H,5-8H2,1-4H3,(H,27,30)(H2,24,26,31). The predicted octanol–water partition coefficient (Wildman–Crippen LogP) is 3.87. The highest BCUT2D eigenvalue weighted by molar-refractivity contribution is 5.99. The van der Waals surface area contributed by atoms with Gasteiger partial charge in [-0.1, -0.05) is 45.7 Å². The van der Waals surface area contributed by atoms with E-state index in [2.05, 4.69) is 47.1 Å². The third-order valence-electron chi connectivity index (χ3n) is 6.11. The van der Waals surface area contributed by atoms with Crippen molar-refractivity contribution in [2.45, 2.75) is 71.1 Å². The van der Waals surface area contributed by atoms with Crippen LogP contribution in [0.15, 0.2) is 30.3 Å². The molecule has 3 unspecified atom stereocenters. The van der Waals surface area contributed by atoms with Crippen LogP contribution in [0.25, 0.3) is 0 Å². The van der Waals surface area contributed by atoms with E-state index in [1.165, 1.54) is 5.56 Å². The van der Waals surface area contributed by atoms with Crippen LogP contribution in [0, 0.1) is 12.8 Å². The number of nitrogens with one attached hydrogen (secondary N) is 4. The number of carbonyl (C=O) groups excluding carboxylic acids is 2. The van der Waals surface area contributed by atoms with Gasteiger partial charge in [-0.2, -0.15) is 5.10 Å². The Morgan fingerprint density at radius 1 is 1.13 bits per heavy atom. The van der Waals surface area contributed by atoms with Gasteiger partial charge in [-0.25, -0.2) is 9.48 Å². The third-order valence-corrected chi connectivity index (χ3v) is 6.11. The van der Waals surface area contributed by atoms with Crippen LogP contribution in [0.3, 0.4) is 0 Å². The summed E-state index contributed by atoms with van der Waals surface area (Å²) in [5, 5.41) is 16.7. The molecule has 1 aromatic heterocycles.